The summed E-state index contributed by atoms with van der Waals surface area (Å²) in [5.74, 6) is 2.17. The zero-order valence-electron chi connectivity index (χ0n) is 14.1. The molecule has 1 aliphatic carbocycles. The van der Waals surface area contributed by atoms with E-state index in [9.17, 15) is 9.59 Å². The zero-order chi connectivity index (χ0) is 17.0. The number of benzene rings is 1. The number of nitrogens with zero attached hydrogens (tertiary/aromatic N) is 2. The van der Waals surface area contributed by atoms with Crippen molar-refractivity contribution < 1.29 is 19.1 Å². The summed E-state index contributed by atoms with van der Waals surface area (Å²) in [7, 11) is 0. The Labute approximate surface area is 146 Å². The second-order valence-electron chi connectivity index (χ2n) is 7.64. The molecule has 2 bridgehead atoms. The van der Waals surface area contributed by atoms with Crippen LogP contribution < -0.4 is 9.47 Å². The number of fused-ring (bicyclic) bond motifs is 5. The van der Waals surface area contributed by atoms with Crippen LogP contribution in [0.15, 0.2) is 18.2 Å². The molecular formula is C19H22N2O4. The van der Waals surface area contributed by atoms with Crippen molar-refractivity contribution in [1.82, 2.24) is 9.80 Å². The van der Waals surface area contributed by atoms with Gasteiger partial charge in [0.1, 0.15) is 0 Å². The van der Waals surface area contributed by atoms with Gasteiger partial charge in [0.2, 0.25) is 12.7 Å². The normalized spacial score (nSPS) is 27.6. The van der Waals surface area contributed by atoms with Crippen molar-refractivity contribution in [3.8, 4) is 11.5 Å². The Bertz CT molecular complexity index is 730. The lowest BCUT2D eigenvalue weighted by molar-refractivity contribution is -0.140. The van der Waals surface area contributed by atoms with Gasteiger partial charge in [0.05, 0.1) is 5.92 Å². The number of piperidine rings is 1. The summed E-state index contributed by atoms with van der Waals surface area (Å²) in [4.78, 5) is 29.7. The third-order valence-corrected chi connectivity index (χ3v) is 5.85. The summed E-state index contributed by atoms with van der Waals surface area (Å²) in [5.41, 5.74) is 0.603. The summed E-state index contributed by atoms with van der Waals surface area (Å²) in [6, 6.07) is 5.49. The van der Waals surface area contributed by atoms with Gasteiger partial charge in [0.15, 0.2) is 11.5 Å². The van der Waals surface area contributed by atoms with Crippen molar-refractivity contribution in [3.05, 3.63) is 23.8 Å². The molecule has 5 aliphatic rings. The molecule has 132 valence electrons. The van der Waals surface area contributed by atoms with Gasteiger partial charge in [-0.3, -0.25) is 9.59 Å². The van der Waals surface area contributed by atoms with Crippen LogP contribution in [0.3, 0.4) is 0 Å². The van der Waals surface area contributed by atoms with Crippen molar-refractivity contribution in [2.75, 3.05) is 26.4 Å². The molecule has 1 saturated carbocycles. The van der Waals surface area contributed by atoms with Crippen LogP contribution in [0, 0.1) is 11.8 Å². The minimum Gasteiger partial charge on any atom is -0.454 e. The zero-order valence-corrected chi connectivity index (χ0v) is 14.1. The average molecular weight is 342 g/mol. The van der Waals surface area contributed by atoms with E-state index in [1.807, 2.05) is 4.90 Å². The van der Waals surface area contributed by atoms with Crippen molar-refractivity contribution in [2.24, 2.45) is 11.8 Å². The van der Waals surface area contributed by atoms with E-state index in [1.165, 1.54) is 12.8 Å². The minimum absolute atomic E-state index is 0.0173. The molecule has 25 heavy (non-hydrogen) atoms. The number of carbonyl (C=O) groups is 2. The highest BCUT2D eigenvalue weighted by atomic mass is 16.7. The molecule has 3 saturated heterocycles. The fraction of sp³-hybridized carbons (Fsp3) is 0.579. The minimum atomic E-state index is -0.0459. The predicted octanol–water partition coefficient (Wildman–Crippen LogP) is 1.89. The molecule has 6 rings (SSSR count). The van der Waals surface area contributed by atoms with Crippen LogP contribution in [0.25, 0.3) is 0 Å². The monoisotopic (exact) mass is 342 g/mol. The molecule has 2 atom stereocenters. The molecule has 4 heterocycles. The first-order valence-electron chi connectivity index (χ1n) is 9.18. The first-order valence-corrected chi connectivity index (χ1v) is 9.18. The van der Waals surface area contributed by atoms with Crippen molar-refractivity contribution >= 4 is 11.8 Å². The van der Waals surface area contributed by atoms with Gasteiger partial charge in [-0.1, -0.05) is 0 Å². The number of rotatable bonds is 3. The van der Waals surface area contributed by atoms with Gasteiger partial charge in [-0.15, -0.1) is 0 Å². The van der Waals surface area contributed by atoms with E-state index in [4.69, 9.17) is 9.47 Å². The molecule has 2 amide bonds. The molecule has 0 spiro atoms. The summed E-state index contributed by atoms with van der Waals surface area (Å²) in [6.45, 7) is 2.25. The highest BCUT2D eigenvalue weighted by Gasteiger charge is 2.43. The first-order chi connectivity index (χ1) is 12.2. The van der Waals surface area contributed by atoms with Crippen molar-refractivity contribution in [3.63, 3.8) is 0 Å². The Morgan fingerprint density at radius 1 is 1.08 bits per heavy atom. The summed E-state index contributed by atoms with van der Waals surface area (Å²) < 4.78 is 10.7. The number of hydrogen-bond acceptors (Lipinski definition) is 4. The van der Waals surface area contributed by atoms with Gasteiger partial charge < -0.3 is 19.3 Å². The molecule has 1 aromatic rings. The molecule has 0 aromatic heterocycles. The van der Waals surface area contributed by atoms with Gasteiger partial charge in [0.25, 0.3) is 5.91 Å². The Balaban J connectivity index is 1.37. The van der Waals surface area contributed by atoms with Crippen molar-refractivity contribution in [1.29, 1.82) is 0 Å². The van der Waals surface area contributed by atoms with E-state index in [0.717, 1.165) is 19.4 Å². The third kappa shape index (κ3) is 2.64. The van der Waals surface area contributed by atoms with E-state index in [1.54, 1.807) is 18.2 Å². The largest absolute Gasteiger partial charge is 0.454 e. The van der Waals surface area contributed by atoms with E-state index >= 15 is 0 Å². The van der Waals surface area contributed by atoms with Gasteiger partial charge in [0, 0.05) is 31.2 Å². The topological polar surface area (TPSA) is 59.1 Å². The Morgan fingerprint density at radius 3 is 2.76 bits per heavy atom. The second-order valence-corrected chi connectivity index (χ2v) is 7.64. The summed E-state index contributed by atoms with van der Waals surface area (Å²) in [5, 5.41) is 0. The van der Waals surface area contributed by atoms with Crippen LogP contribution in [-0.4, -0.2) is 54.1 Å². The molecule has 4 aliphatic heterocycles. The maximum Gasteiger partial charge on any atom is 0.254 e. The Morgan fingerprint density at radius 2 is 1.92 bits per heavy atom. The smallest absolute Gasteiger partial charge is 0.254 e. The quantitative estimate of drug-likeness (QED) is 0.842. The van der Waals surface area contributed by atoms with E-state index in [0.29, 0.717) is 36.1 Å². The fourth-order valence-electron chi connectivity index (χ4n) is 4.24. The van der Waals surface area contributed by atoms with E-state index < -0.39 is 0 Å². The van der Waals surface area contributed by atoms with Crippen LogP contribution in [0.5, 0.6) is 11.5 Å². The Kier molecular flexibility index (Phi) is 3.40. The lowest BCUT2D eigenvalue weighted by atomic mass is 9.94. The van der Waals surface area contributed by atoms with E-state index in [2.05, 4.69) is 4.90 Å². The first kappa shape index (κ1) is 15.0. The van der Waals surface area contributed by atoms with Gasteiger partial charge in [-0.05, 0) is 49.8 Å². The average Bonchev–Trinajstić information content (AvgIpc) is 3.38. The highest BCUT2D eigenvalue weighted by Crippen LogP contribution is 2.37. The van der Waals surface area contributed by atoms with Gasteiger partial charge in [-0.25, -0.2) is 0 Å². The Hall–Kier alpha value is -2.24. The molecule has 6 heteroatoms. The van der Waals surface area contributed by atoms with Crippen LogP contribution in [0.4, 0.5) is 0 Å². The molecular weight excluding hydrogens is 320 g/mol. The summed E-state index contributed by atoms with van der Waals surface area (Å²) >= 11 is 0. The fourth-order valence-corrected chi connectivity index (χ4v) is 4.24. The van der Waals surface area contributed by atoms with Crippen molar-refractivity contribution in [2.45, 2.75) is 31.7 Å². The standard InChI is InChI=1S/C19H22N2O4/c22-18(13-4-6-16-17(7-13)25-11-24-16)20-9-14-3-5-15(10-20)21(19(14)23)8-12-1-2-12/h4,6-7,12,14-15H,1-3,5,8-11H2/t14-,15+/m0/s1. The molecule has 1 aromatic carbocycles. The van der Waals surface area contributed by atoms with E-state index in [-0.39, 0.29) is 30.6 Å². The van der Waals surface area contributed by atoms with Crippen LogP contribution in [0.1, 0.15) is 36.0 Å². The molecule has 0 unspecified atom stereocenters. The van der Waals surface area contributed by atoms with Gasteiger partial charge >= 0.3 is 0 Å². The predicted molar refractivity (Wildman–Crippen MR) is 89.4 cm³/mol. The van der Waals surface area contributed by atoms with Crippen LogP contribution in [-0.2, 0) is 4.79 Å². The molecule has 4 fully saturated rings. The number of carbonyl (C=O) groups excluding carboxylic acids is 2. The maximum atomic E-state index is 13.0. The molecule has 6 nitrogen and oxygen atoms in total. The number of amides is 2. The maximum absolute atomic E-state index is 13.0. The number of hydrogen-bond donors (Lipinski definition) is 0. The van der Waals surface area contributed by atoms with Gasteiger partial charge in [-0.2, -0.15) is 0 Å². The van der Waals surface area contributed by atoms with Crippen LogP contribution >= 0.6 is 0 Å². The molecule has 0 N–H and O–H groups in total. The third-order valence-electron chi connectivity index (χ3n) is 5.85. The lowest BCUT2D eigenvalue weighted by Gasteiger charge is -2.36. The highest BCUT2D eigenvalue weighted by molar-refractivity contribution is 5.95. The number of ether oxygens (including phenoxy) is 2. The molecule has 0 radical (unpaired) electrons. The van der Waals surface area contributed by atoms with Crippen LogP contribution in [0.2, 0.25) is 0 Å². The summed E-state index contributed by atoms with van der Waals surface area (Å²) in [6.07, 6.45) is 4.38. The second kappa shape index (κ2) is 5.64. The lowest BCUT2D eigenvalue weighted by Crippen LogP contribution is -2.48. The SMILES string of the molecule is O=C(c1ccc2c(c1)OCO2)N1C[C@@H]2CC[C@H](C1)N(CC1CC1)C2=O.